The summed E-state index contributed by atoms with van der Waals surface area (Å²) in [5.41, 5.74) is 0.269. The van der Waals surface area contributed by atoms with Crippen molar-refractivity contribution >= 4 is 24.5 Å². The Bertz CT molecular complexity index is 480. The molecule has 1 aromatic heterocycles. The van der Waals surface area contributed by atoms with Crippen molar-refractivity contribution in [3.63, 3.8) is 0 Å². The third-order valence-electron chi connectivity index (χ3n) is 1.37. The highest BCUT2D eigenvalue weighted by atomic mass is 32.1. The molecule has 8 heteroatoms. The highest BCUT2D eigenvalue weighted by Gasteiger charge is 1.97. The van der Waals surface area contributed by atoms with E-state index in [0.717, 1.165) is 0 Å². The largest absolute Gasteiger partial charge is 0.478 e. The second kappa shape index (κ2) is 9.68. The molecule has 2 heterocycles. The third kappa shape index (κ3) is 7.72. The van der Waals surface area contributed by atoms with Crippen molar-refractivity contribution in [2.45, 2.75) is 0 Å². The molecule has 7 nitrogen and oxygen atoms in total. The number of rotatable bonds is 1. The van der Waals surface area contributed by atoms with Crippen molar-refractivity contribution in [3.05, 3.63) is 42.4 Å². The maximum atomic E-state index is 10.2. The van der Waals surface area contributed by atoms with Gasteiger partial charge in [0.2, 0.25) is 0 Å². The average molecular weight is 264 g/mol. The molecule has 0 radical (unpaired) electrons. The fourth-order valence-corrected chi connectivity index (χ4v) is 0.715. The molecule has 18 heavy (non-hydrogen) atoms. The van der Waals surface area contributed by atoms with Gasteiger partial charge >= 0.3 is 5.97 Å². The number of aromatic nitrogens is 1. The van der Waals surface area contributed by atoms with Gasteiger partial charge in [-0.05, 0) is 12.1 Å². The summed E-state index contributed by atoms with van der Waals surface area (Å²) in [7, 11) is 0. The van der Waals surface area contributed by atoms with E-state index >= 15 is 0 Å². The standard InChI is InChI=1S/C6H5NO2.C3H2N2O.CHNS/c8-6(9)5-1-3-7-4-2-5;6-3-1-2-4-5-3;2-1-3/h1-4H,(H,8,9);1-2H;3H. The number of thiocyanates is 1. The molecular formula is C10H8N4O3S. The number of aromatic carboxylic acids is 1. The van der Waals surface area contributed by atoms with Gasteiger partial charge in [0.1, 0.15) is 5.40 Å². The second-order valence-electron chi connectivity index (χ2n) is 2.51. The van der Waals surface area contributed by atoms with Crippen LogP contribution in [0, 0.1) is 10.7 Å². The zero-order valence-electron chi connectivity index (χ0n) is 8.96. The first-order valence-corrected chi connectivity index (χ1v) is 4.84. The Labute approximate surface area is 108 Å². The lowest BCUT2D eigenvalue weighted by Gasteiger charge is -1.87. The zero-order valence-corrected chi connectivity index (χ0v) is 9.86. The summed E-state index contributed by atoms with van der Waals surface area (Å²) in [6.07, 6.45) is 5.56. The minimum absolute atomic E-state index is 0.269. The number of carbonyl (C=O) groups excluding carboxylic acids is 1. The Kier molecular flexibility index (Phi) is 8.32. The summed E-state index contributed by atoms with van der Waals surface area (Å²) in [6.45, 7) is 0. The highest BCUT2D eigenvalue weighted by Crippen LogP contribution is 1.93. The molecule has 1 aliphatic heterocycles. The van der Waals surface area contributed by atoms with E-state index in [1.165, 1.54) is 42.2 Å². The Hall–Kier alpha value is -2.53. The topological polar surface area (TPSA) is 116 Å². The van der Waals surface area contributed by atoms with Crippen LogP contribution in [0.4, 0.5) is 0 Å². The third-order valence-corrected chi connectivity index (χ3v) is 1.37. The van der Waals surface area contributed by atoms with E-state index in [4.69, 9.17) is 10.4 Å². The summed E-state index contributed by atoms with van der Waals surface area (Å²) in [4.78, 5) is 23.7. The van der Waals surface area contributed by atoms with Gasteiger partial charge in [-0.1, -0.05) is 12.6 Å². The first kappa shape index (κ1) is 15.5. The summed E-state index contributed by atoms with van der Waals surface area (Å²) in [5.74, 6) is -1.19. The molecular weight excluding hydrogens is 256 g/mol. The van der Waals surface area contributed by atoms with Crippen molar-refractivity contribution in [1.82, 2.24) is 4.98 Å². The van der Waals surface area contributed by atoms with Crippen molar-refractivity contribution in [2.24, 2.45) is 10.2 Å². The number of amides is 1. The van der Waals surface area contributed by atoms with Crippen LogP contribution in [-0.4, -0.2) is 22.0 Å². The predicted octanol–water partition coefficient (Wildman–Crippen LogP) is 1.67. The molecule has 0 fully saturated rings. The Morgan fingerprint density at radius 3 is 2.17 bits per heavy atom. The van der Waals surface area contributed by atoms with Gasteiger partial charge in [0.25, 0.3) is 5.91 Å². The van der Waals surface area contributed by atoms with E-state index < -0.39 is 5.97 Å². The predicted molar refractivity (Wildman–Crippen MR) is 64.8 cm³/mol. The molecule has 0 saturated heterocycles. The molecule has 0 spiro atoms. The van der Waals surface area contributed by atoms with Gasteiger partial charge in [0, 0.05) is 18.5 Å². The quantitative estimate of drug-likeness (QED) is 0.591. The number of carboxylic acids is 1. The molecule has 0 bridgehead atoms. The van der Waals surface area contributed by atoms with Crippen LogP contribution in [0.1, 0.15) is 10.4 Å². The van der Waals surface area contributed by atoms with Gasteiger partial charge in [-0.15, -0.1) is 5.11 Å². The lowest BCUT2D eigenvalue weighted by Crippen LogP contribution is -1.94. The number of nitrogens with zero attached hydrogens (tertiary/aromatic N) is 4. The van der Waals surface area contributed by atoms with Crippen molar-refractivity contribution in [3.8, 4) is 5.40 Å². The SMILES string of the molecule is N#CS.O=C(O)c1ccncc1.O=C1C=CN=N1. The van der Waals surface area contributed by atoms with Crippen LogP contribution in [0.15, 0.2) is 47.0 Å². The summed E-state index contributed by atoms with van der Waals surface area (Å²) < 4.78 is 0. The Balaban J connectivity index is 0.000000278. The number of hydrogen-bond donors (Lipinski definition) is 2. The minimum Gasteiger partial charge on any atom is -0.478 e. The van der Waals surface area contributed by atoms with E-state index in [9.17, 15) is 9.59 Å². The summed E-state index contributed by atoms with van der Waals surface area (Å²) in [5, 5.41) is 23.4. The van der Waals surface area contributed by atoms with E-state index in [1.54, 1.807) is 0 Å². The average Bonchev–Trinajstić information content (AvgIpc) is 2.83. The van der Waals surface area contributed by atoms with Crippen molar-refractivity contribution in [1.29, 1.82) is 5.26 Å². The van der Waals surface area contributed by atoms with Crippen LogP contribution >= 0.6 is 12.6 Å². The smallest absolute Gasteiger partial charge is 0.335 e. The van der Waals surface area contributed by atoms with Crippen LogP contribution in [0.3, 0.4) is 0 Å². The maximum Gasteiger partial charge on any atom is 0.335 e. The summed E-state index contributed by atoms with van der Waals surface area (Å²) >= 11 is 3.09. The second-order valence-corrected chi connectivity index (χ2v) is 2.71. The molecule has 1 aromatic rings. The van der Waals surface area contributed by atoms with Crippen LogP contribution in [0.25, 0.3) is 0 Å². The van der Waals surface area contributed by atoms with Crippen molar-refractivity contribution in [2.75, 3.05) is 0 Å². The Morgan fingerprint density at radius 1 is 1.39 bits per heavy atom. The number of hydrogen-bond acceptors (Lipinski definition) is 6. The van der Waals surface area contributed by atoms with Gasteiger partial charge in [-0.3, -0.25) is 9.78 Å². The fraction of sp³-hybridized carbons (Fsp3) is 0. The van der Waals surface area contributed by atoms with E-state index in [0.29, 0.717) is 0 Å². The number of pyridine rings is 1. The molecule has 0 aromatic carbocycles. The molecule has 1 N–H and O–H groups in total. The van der Waals surface area contributed by atoms with Gasteiger partial charge in [-0.2, -0.15) is 10.4 Å². The first-order chi connectivity index (χ1) is 8.61. The molecule has 0 aliphatic carbocycles. The number of azo groups is 1. The van der Waals surface area contributed by atoms with Gasteiger partial charge in [0.15, 0.2) is 0 Å². The van der Waals surface area contributed by atoms with Crippen LogP contribution in [-0.2, 0) is 4.79 Å². The minimum atomic E-state index is -0.919. The van der Waals surface area contributed by atoms with Crippen LogP contribution < -0.4 is 0 Å². The fourth-order valence-electron chi connectivity index (χ4n) is 0.715. The lowest BCUT2D eigenvalue weighted by molar-refractivity contribution is -0.113. The lowest BCUT2D eigenvalue weighted by atomic mass is 10.3. The van der Waals surface area contributed by atoms with E-state index in [-0.39, 0.29) is 11.5 Å². The first-order valence-electron chi connectivity index (χ1n) is 4.39. The van der Waals surface area contributed by atoms with Gasteiger partial charge < -0.3 is 5.11 Å². The number of carbonyl (C=O) groups is 2. The van der Waals surface area contributed by atoms with Crippen LogP contribution in [0.5, 0.6) is 0 Å². The van der Waals surface area contributed by atoms with Crippen molar-refractivity contribution < 1.29 is 14.7 Å². The maximum absolute atomic E-state index is 10.2. The summed E-state index contributed by atoms with van der Waals surface area (Å²) in [6, 6.07) is 2.89. The van der Waals surface area contributed by atoms with E-state index in [2.05, 4.69) is 27.8 Å². The highest BCUT2D eigenvalue weighted by molar-refractivity contribution is 7.85. The molecule has 92 valence electrons. The number of nitriles is 1. The molecule has 1 aliphatic rings. The Morgan fingerprint density at radius 2 is 1.94 bits per heavy atom. The monoisotopic (exact) mass is 264 g/mol. The van der Waals surface area contributed by atoms with Crippen LogP contribution in [0.2, 0.25) is 0 Å². The van der Waals surface area contributed by atoms with Gasteiger partial charge in [-0.25, -0.2) is 4.79 Å². The van der Waals surface area contributed by atoms with E-state index in [1.807, 2.05) is 0 Å². The zero-order chi connectivity index (χ0) is 13.8. The van der Waals surface area contributed by atoms with Gasteiger partial charge in [0.05, 0.1) is 11.8 Å². The molecule has 0 atom stereocenters. The number of thiol groups is 1. The molecule has 0 unspecified atom stereocenters. The molecule has 0 saturated carbocycles. The number of carboxylic acid groups (broad SMARTS) is 1. The molecule has 2 rings (SSSR count). The normalized spacial score (nSPS) is 10.6. The molecule has 1 amide bonds.